The Morgan fingerprint density at radius 1 is 1.04 bits per heavy atom. The molecule has 3 nitrogen and oxygen atoms in total. The quantitative estimate of drug-likeness (QED) is 0.471. The van der Waals surface area contributed by atoms with Crippen LogP contribution in [-0.2, 0) is 6.54 Å². The average Bonchev–Trinajstić information content (AvgIpc) is 2.94. The molecular weight excluding hydrogens is 286 g/mol. The lowest BCUT2D eigenvalue weighted by molar-refractivity contribution is 0.112. The van der Waals surface area contributed by atoms with Crippen LogP contribution in [0.4, 0.5) is 0 Å². The van der Waals surface area contributed by atoms with Crippen LogP contribution < -0.4 is 4.74 Å². The van der Waals surface area contributed by atoms with E-state index in [1.54, 1.807) is 0 Å². The largest absolute Gasteiger partial charge is 0.493 e. The summed E-state index contributed by atoms with van der Waals surface area (Å²) < 4.78 is 7.98. The number of carbonyl (C=O) groups excluding carboxylic acids is 1. The molecule has 3 heteroatoms. The summed E-state index contributed by atoms with van der Waals surface area (Å²) in [4.78, 5) is 11.2. The summed E-state index contributed by atoms with van der Waals surface area (Å²) in [5.41, 5.74) is 3.05. The van der Waals surface area contributed by atoms with Gasteiger partial charge < -0.3 is 9.30 Å². The predicted molar refractivity (Wildman–Crippen MR) is 93.2 cm³/mol. The lowest BCUT2D eigenvalue weighted by atomic mass is 10.2. The molecule has 0 atom stereocenters. The number of fused-ring (bicyclic) bond motifs is 1. The fourth-order valence-electron chi connectivity index (χ4n) is 2.84. The number of ether oxygens (including phenoxy) is 1. The van der Waals surface area contributed by atoms with E-state index in [9.17, 15) is 4.79 Å². The van der Waals surface area contributed by atoms with E-state index < -0.39 is 0 Å². The molecule has 0 bridgehead atoms. The van der Waals surface area contributed by atoms with Crippen molar-refractivity contribution < 1.29 is 9.53 Å². The molecule has 0 fully saturated rings. The number of aromatic nitrogens is 1. The van der Waals surface area contributed by atoms with Gasteiger partial charge in [0.15, 0.2) is 6.29 Å². The van der Waals surface area contributed by atoms with E-state index in [1.165, 1.54) is 5.56 Å². The van der Waals surface area contributed by atoms with E-state index in [2.05, 4.69) is 23.6 Å². The summed E-state index contributed by atoms with van der Waals surface area (Å²) >= 11 is 0. The van der Waals surface area contributed by atoms with E-state index in [1.807, 2.05) is 42.6 Å². The third-order valence-electron chi connectivity index (χ3n) is 4.09. The van der Waals surface area contributed by atoms with Crippen LogP contribution in [0.1, 0.15) is 28.8 Å². The number of hydrogen-bond acceptors (Lipinski definition) is 2. The Bertz CT molecular complexity index is 804. The molecule has 0 spiro atoms. The van der Waals surface area contributed by atoms with Crippen molar-refractivity contribution in [1.82, 2.24) is 4.57 Å². The number of aryl methyl sites for hydroxylation is 2. The molecule has 2 aromatic carbocycles. The van der Waals surface area contributed by atoms with Gasteiger partial charge in [-0.25, -0.2) is 0 Å². The van der Waals surface area contributed by atoms with Crippen LogP contribution in [0.25, 0.3) is 10.9 Å². The van der Waals surface area contributed by atoms with Gasteiger partial charge in [0.25, 0.3) is 0 Å². The summed E-state index contributed by atoms with van der Waals surface area (Å²) in [6, 6.07) is 16.1. The number of unbranched alkanes of at least 4 members (excludes halogenated alkanes) is 1. The van der Waals surface area contributed by atoms with E-state index in [0.717, 1.165) is 47.9 Å². The van der Waals surface area contributed by atoms with Crippen molar-refractivity contribution in [3.05, 3.63) is 65.9 Å². The SMILES string of the molecule is Cc1ccccc1OCCCCn1cc(C=O)c2ccccc21. The molecule has 3 rings (SSSR count). The first kappa shape index (κ1) is 15.3. The highest BCUT2D eigenvalue weighted by Gasteiger charge is 2.06. The molecule has 0 saturated heterocycles. The van der Waals surface area contributed by atoms with E-state index in [0.29, 0.717) is 6.61 Å². The number of benzene rings is 2. The minimum atomic E-state index is 0.713. The number of carbonyl (C=O) groups is 1. The number of hydrogen-bond donors (Lipinski definition) is 0. The van der Waals surface area contributed by atoms with Crippen molar-refractivity contribution in [1.29, 1.82) is 0 Å². The Hall–Kier alpha value is -2.55. The molecule has 0 radical (unpaired) electrons. The van der Waals surface area contributed by atoms with E-state index >= 15 is 0 Å². The second-order valence-corrected chi connectivity index (χ2v) is 5.73. The molecule has 0 amide bonds. The maximum absolute atomic E-state index is 11.2. The molecule has 118 valence electrons. The zero-order chi connectivity index (χ0) is 16.1. The van der Waals surface area contributed by atoms with Crippen molar-refractivity contribution in [2.24, 2.45) is 0 Å². The van der Waals surface area contributed by atoms with Gasteiger partial charge in [-0.1, -0.05) is 36.4 Å². The number of rotatable bonds is 7. The zero-order valence-corrected chi connectivity index (χ0v) is 13.4. The van der Waals surface area contributed by atoms with Crippen molar-refractivity contribution in [3.8, 4) is 5.75 Å². The lowest BCUT2D eigenvalue weighted by Gasteiger charge is -2.09. The van der Waals surface area contributed by atoms with Gasteiger partial charge in [0.1, 0.15) is 5.75 Å². The van der Waals surface area contributed by atoms with Gasteiger partial charge in [0.05, 0.1) is 6.61 Å². The summed E-state index contributed by atoms with van der Waals surface area (Å²) in [6.45, 7) is 3.67. The monoisotopic (exact) mass is 307 g/mol. The summed E-state index contributed by atoms with van der Waals surface area (Å²) in [5, 5.41) is 1.03. The molecule has 0 aliphatic rings. The number of para-hydroxylation sites is 2. The van der Waals surface area contributed by atoms with Gasteiger partial charge in [0, 0.05) is 29.2 Å². The average molecular weight is 307 g/mol. The van der Waals surface area contributed by atoms with Gasteiger partial charge in [-0.15, -0.1) is 0 Å². The van der Waals surface area contributed by atoms with Gasteiger partial charge in [-0.05, 0) is 37.5 Å². The van der Waals surface area contributed by atoms with Gasteiger partial charge in [0.2, 0.25) is 0 Å². The normalized spacial score (nSPS) is 10.8. The predicted octanol–water partition coefficient (Wildman–Crippen LogP) is 4.62. The Labute approximate surface area is 136 Å². The summed E-state index contributed by atoms with van der Waals surface area (Å²) in [5.74, 6) is 0.960. The van der Waals surface area contributed by atoms with Gasteiger partial charge in [-0.3, -0.25) is 4.79 Å². The maximum Gasteiger partial charge on any atom is 0.152 e. The zero-order valence-electron chi connectivity index (χ0n) is 13.4. The standard InChI is InChI=1S/C20H21NO2/c1-16-8-2-5-11-20(16)23-13-7-6-12-21-14-17(15-22)18-9-3-4-10-19(18)21/h2-5,8-11,14-15H,6-7,12-13H2,1H3. The van der Waals surface area contributed by atoms with E-state index in [-0.39, 0.29) is 0 Å². The van der Waals surface area contributed by atoms with Crippen LogP contribution in [0.2, 0.25) is 0 Å². The highest BCUT2D eigenvalue weighted by Crippen LogP contribution is 2.21. The lowest BCUT2D eigenvalue weighted by Crippen LogP contribution is -2.02. The summed E-state index contributed by atoms with van der Waals surface area (Å²) in [7, 11) is 0. The highest BCUT2D eigenvalue weighted by molar-refractivity contribution is 5.97. The fraction of sp³-hybridized carbons (Fsp3) is 0.250. The van der Waals surface area contributed by atoms with Crippen molar-refractivity contribution in [3.63, 3.8) is 0 Å². The minimum Gasteiger partial charge on any atom is -0.493 e. The molecule has 0 saturated carbocycles. The van der Waals surface area contributed by atoms with Crippen LogP contribution in [0.15, 0.2) is 54.7 Å². The molecule has 0 unspecified atom stereocenters. The van der Waals surface area contributed by atoms with Crippen molar-refractivity contribution >= 4 is 17.2 Å². The number of aldehydes is 1. The summed E-state index contributed by atoms with van der Waals surface area (Å²) in [6.07, 6.45) is 4.88. The molecular formula is C20H21NO2. The smallest absolute Gasteiger partial charge is 0.152 e. The first-order valence-corrected chi connectivity index (χ1v) is 8.01. The minimum absolute atomic E-state index is 0.713. The van der Waals surface area contributed by atoms with Crippen LogP contribution in [-0.4, -0.2) is 17.5 Å². The molecule has 3 aromatic rings. The molecule has 0 aliphatic carbocycles. The van der Waals surface area contributed by atoms with Crippen LogP contribution >= 0.6 is 0 Å². The molecule has 1 heterocycles. The molecule has 23 heavy (non-hydrogen) atoms. The Balaban J connectivity index is 1.55. The Kier molecular flexibility index (Phi) is 4.77. The van der Waals surface area contributed by atoms with Crippen molar-refractivity contribution in [2.75, 3.05) is 6.61 Å². The van der Waals surface area contributed by atoms with Gasteiger partial charge in [-0.2, -0.15) is 0 Å². The van der Waals surface area contributed by atoms with Crippen molar-refractivity contribution in [2.45, 2.75) is 26.3 Å². The fourth-order valence-corrected chi connectivity index (χ4v) is 2.84. The Morgan fingerprint density at radius 2 is 1.83 bits per heavy atom. The van der Waals surface area contributed by atoms with E-state index in [4.69, 9.17) is 4.74 Å². The first-order chi connectivity index (χ1) is 11.3. The molecule has 0 N–H and O–H groups in total. The first-order valence-electron chi connectivity index (χ1n) is 8.01. The molecule has 0 aliphatic heterocycles. The molecule has 1 aromatic heterocycles. The van der Waals surface area contributed by atoms with Crippen LogP contribution in [0.3, 0.4) is 0 Å². The number of nitrogens with zero attached hydrogens (tertiary/aromatic N) is 1. The van der Waals surface area contributed by atoms with Crippen LogP contribution in [0.5, 0.6) is 5.75 Å². The van der Waals surface area contributed by atoms with Crippen LogP contribution in [0, 0.1) is 6.92 Å². The maximum atomic E-state index is 11.2. The second kappa shape index (κ2) is 7.14. The highest BCUT2D eigenvalue weighted by atomic mass is 16.5. The third-order valence-corrected chi connectivity index (χ3v) is 4.09. The third kappa shape index (κ3) is 3.45. The topological polar surface area (TPSA) is 31.2 Å². The Morgan fingerprint density at radius 3 is 2.65 bits per heavy atom. The van der Waals surface area contributed by atoms with Gasteiger partial charge >= 0.3 is 0 Å². The second-order valence-electron chi connectivity index (χ2n) is 5.73.